The number of amides is 1. The number of nitrogens with zero attached hydrogens (tertiary/aromatic N) is 3. The van der Waals surface area contributed by atoms with Gasteiger partial charge in [-0.25, -0.2) is 8.78 Å². The molecule has 2 aliphatic rings. The van der Waals surface area contributed by atoms with Crippen molar-refractivity contribution in [2.24, 2.45) is 0 Å². The second-order valence-electron chi connectivity index (χ2n) is 8.07. The fourth-order valence-electron chi connectivity index (χ4n) is 4.36. The lowest BCUT2D eigenvalue weighted by molar-refractivity contribution is -0.120. The molecule has 29 heavy (non-hydrogen) atoms. The minimum Gasteiger partial charge on any atom is -0.311 e. The summed E-state index contributed by atoms with van der Waals surface area (Å²) < 4.78 is 27.5. The molecule has 1 fully saturated rings. The van der Waals surface area contributed by atoms with E-state index in [9.17, 15) is 13.6 Å². The Morgan fingerprint density at radius 3 is 2.38 bits per heavy atom. The predicted molar refractivity (Wildman–Crippen MR) is 110 cm³/mol. The molecule has 2 heterocycles. The van der Waals surface area contributed by atoms with E-state index in [-0.39, 0.29) is 23.5 Å². The Morgan fingerprint density at radius 1 is 0.966 bits per heavy atom. The smallest absolute Gasteiger partial charge is 0.241 e. The van der Waals surface area contributed by atoms with E-state index in [1.165, 1.54) is 24.3 Å². The third kappa shape index (κ3) is 4.49. The van der Waals surface area contributed by atoms with Crippen molar-refractivity contribution in [2.75, 3.05) is 51.2 Å². The van der Waals surface area contributed by atoms with Crippen molar-refractivity contribution < 1.29 is 13.6 Å². The van der Waals surface area contributed by atoms with E-state index in [4.69, 9.17) is 0 Å². The number of halogens is 2. The van der Waals surface area contributed by atoms with E-state index < -0.39 is 0 Å². The summed E-state index contributed by atoms with van der Waals surface area (Å²) >= 11 is 0. The van der Waals surface area contributed by atoms with Crippen LogP contribution in [0.3, 0.4) is 0 Å². The molecule has 0 radical (unpaired) electrons. The molecule has 0 spiro atoms. The molecule has 0 aromatic heterocycles. The fraction of sp³-hybridized carbons (Fsp3) is 0.435. The quantitative estimate of drug-likeness (QED) is 0.791. The van der Waals surface area contributed by atoms with Crippen molar-refractivity contribution in [1.29, 1.82) is 0 Å². The number of carbonyl (C=O) groups is 1. The van der Waals surface area contributed by atoms with Crippen LogP contribution in [0.5, 0.6) is 0 Å². The molecule has 4 nitrogen and oxygen atoms in total. The van der Waals surface area contributed by atoms with E-state index in [1.807, 2.05) is 0 Å². The average Bonchev–Trinajstić information content (AvgIpc) is 2.90. The molecule has 2 aliphatic heterocycles. The number of fused-ring (bicyclic) bond motifs is 1. The molecular formula is C23H27F2N3O. The van der Waals surface area contributed by atoms with Crippen molar-refractivity contribution in [1.82, 2.24) is 9.80 Å². The standard InChI is InChI=1S/C23H27F2N3O/c1-26-11-13-27(14-12-26)16-23(29)28-10-2-3-20(17-4-6-18(24)7-5-17)21-9-8-19(25)15-22(21)28/h4-9,15,20H,2-3,10-14,16H2,1H3/t20-/m1/s1. The summed E-state index contributed by atoms with van der Waals surface area (Å²) in [6.45, 7) is 4.55. The van der Waals surface area contributed by atoms with Crippen LogP contribution in [-0.4, -0.2) is 62.0 Å². The topological polar surface area (TPSA) is 26.8 Å². The number of hydrogen-bond acceptors (Lipinski definition) is 3. The number of piperazine rings is 1. The zero-order chi connectivity index (χ0) is 20.4. The molecular weight excluding hydrogens is 372 g/mol. The van der Waals surface area contributed by atoms with Crippen LogP contribution in [0.1, 0.15) is 29.9 Å². The lowest BCUT2D eigenvalue weighted by Gasteiger charge is -2.33. The lowest BCUT2D eigenvalue weighted by Crippen LogP contribution is -2.49. The highest BCUT2D eigenvalue weighted by Gasteiger charge is 2.29. The second-order valence-corrected chi connectivity index (χ2v) is 8.07. The van der Waals surface area contributed by atoms with Gasteiger partial charge < -0.3 is 9.80 Å². The Kier molecular flexibility index (Phi) is 5.92. The summed E-state index contributed by atoms with van der Waals surface area (Å²) in [5, 5.41) is 0. The molecule has 4 rings (SSSR count). The molecule has 1 atom stereocenters. The van der Waals surface area contributed by atoms with Crippen molar-refractivity contribution >= 4 is 11.6 Å². The van der Waals surface area contributed by atoms with Gasteiger partial charge in [-0.05, 0) is 55.3 Å². The van der Waals surface area contributed by atoms with Crippen molar-refractivity contribution in [2.45, 2.75) is 18.8 Å². The molecule has 2 aromatic carbocycles. The Hall–Kier alpha value is -2.31. The van der Waals surface area contributed by atoms with Crippen molar-refractivity contribution in [3.8, 4) is 0 Å². The molecule has 0 N–H and O–H groups in total. The third-order valence-corrected chi connectivity index (χ3v) is 6.06. The predicted octanol–water partition coefficient (Wildman–Crippen LogP) is 3.47. The molecule has 0 saturated carbocycles. The zero-order valence-corrected chi connectivity index (χ0v) is 16.8. The van der Waals surface area contributed by atoms with Crippen LogP contribution in [0.2, 0.25) is 0 Å². The van der Waals surface area contributed by atoms with E-state index >= 15 is 0 Å². The maximum atomic E-state index is 14.1. The van der Waals surface area contributed by atoms with Gasteiger partial charge in [0.1, 0.15) is 11.6 Å². The van der Waals surface area contributed by atoms with E-state index in [0.29, 0.717) is 18.8 Å². The first-order valence-corrected chi connectivity index (χ1v) is 10.3. The van der Waals surface area contributed by atoms with Gasteiger partial charge in [-0.1, -0.05) is 18.2 Å². The van der Waals surface area contributed by atoms with Gasteiger partial charge in [0.25, 0.3) is 0 Å². The minimum atomic E-state index is -0.346. The van der Waals surface area contributed by atoms with Crippen LogP contribution >= 0.6 is 0 Å². The lowest BCUT2D eigenvalue weighted by atomic mass is 9.87. The first-order chi connectivity index (χ1) is 14.0. The second kappa shape index (κ2) is 8.59. The third-order valence-electron chi connectivity index (χ3n) is 6.06. The van der Waals surface area contributed by atoms with Gasteiger partial charge in [-0.3, -0.25) is 9.69 Å². The zero-order valence-electron chi connectivity index (χ0n) is 16.8. The van der Waals surface area contributed by atoms with E-state index in [0.717, 1.165) is 50.1 Å². The molecule has 2 aromatic rings. The normalized spacial score (nSPS) is 20.9. The van der Waals surface area contributed by atoms with Gasteiger partial charge in [0.05, 0.1) is 12.2 Å². The van der Waals surface area contributed by atoms with E-state index in [2.05, 4.69) is 16.8 Å². The molecule has 1 amide bonds. The van der Waals surface area contributed by atoms with Crippen LogP contribution in [0.4, 0.5) is 14.5 Å². The van der Waals surface area contributed by atoms with Crippen LogP contribution < -0.4 is 4.90 Å². The highest BCUT2D eigenvalue weighted by molar-refractivity contribution is 5.96. The summed E-state index contributed by atoms with van der Waals surface area (Å²) in [5.41, 5.74) is 2.57. The monoisotopic (exact) mass is 399 g/mol. The van der Waals surface area contributed by atoms with Crippen LogP contribution in [0.15, 0.2) is 42.5 Å². The Balaban J connectivity index is 1.61. The summed E-state index contributed by atoms with van der Waals surface area (Å²) in [4.78, 5) is 19.3. The Labute approximate surface area is 170 Å². The van der Waals surface area contributed by atoms with Crippen LogP contribution in [0.25, 0.3) is 0 Å². The minimum absolute atomic E-state index is 0.0150. The van der Waals surface area contributed by atoms with Gasteiger partial charge >= 0.3 is 0 Å². The number of carbonyl (C=O) groups excluding carboxylic acids is 1. The SMILES string of the molecule is CN1CCN(CC(=O)N2CCC[C@H](c3ccc(F)cc3)c3ccc(F)cc32)CC1. The summed E-state index contributed by atoms with van der Waals surface area (Å²) in [6, 6.07) is 11.2. The maximum Gasteiger partial charge on any atom is 0.241 e. The maximum absolute atomic E-state index is 14.1. The largest absolute Gasteiger partial charge is 0.311 e. The van der Waals surface area contributed by atoms with Gasteiger partial charge in [-0.15, -0.1) is 0 Å². The van der Waals surface area contributed by atoms with Crippen molar-refractivity contribution in [3.05, 3.63) is 65.2 Å². The molecule has 1 saturated heterocycles. The number of hydrogen-bond donors (Lipinski definition) is 0. The Bertz CT molecular complexity index is 863. The van der Waals surface area contributed by atoms with Crippen molar-refractivity contribution in [3.63, 3.8) is 0 Å². The first-order valence-electron chi connectivity index (χ1n) is 10.3. The highest BCUT2D eigenvalue weighted by Crippen LogP contribution is 2.39. The number of likely N-dealkylation sites (N-methyl/N-ethyl adjacent to an activating group) is 1. The molecule has 154 valence electrons. The molecule has 0 unspecified atom stereocenters. The van der Waals surface area contributed by atoms with Gasteiger partial charge in [0, 0.05) is 38.6 Å². The fourth-order valence-corrected chi connectivity index (χ4v) is 4.36. The summed E-state index contributed by atoms with van der Waals surface area (Å²) in [5.74, 6) is -0.583. The van der Waals surface area contributed by atoms with Gasteiger partial charge in [-0.2, -0.15) is 0 Å². The van der Waals surface area contributed by atoms with Gasteiger partial charge in [0.2, 0.25) is 5.91 Å². The molecule has 6 heteroatoms. The Morgan fingerprint density at radius 2 is 1.66 bits per heavy atom. The highest BCUT2D eigenvalue weighted by atomic mass is 19.1. The summed E-state index contributed by atoms with van der Waals surface area (Å²) in [7, 11) is 2.09. The molecule has 0 bridgehead atoms. The number of benzene rings is 2. The van der Waals surface area contributed by atoms with Gasteiger partial charge in [0.15, 0.2) is 0 Å². The first kappa shape index (κ1) is 20.0. The van der Waals surface area contributed by atoms with Crippen LogP contribution in [-0.2, 0) is 4.79 Å². The summed E-state index contributed by atoms with van der Waals surface area (Å²) in [6.07, 6.45) is 1.65. The van der Waals surface area contributed by atoms with Crippen LogP contribution in [0, 0.1) is 11.6 Å². The number of anilines is 1. The number of rotatable bonds is 3. The average molecular weight is 399 g/mol. The van der Waals surface area contributed by atoms with E-state index in [1.54, 1.807) is 23.1 Å². The molecule has 0 aliphatic carbocycles.